The summed E-state index contributed by atoms with van der Waals surface area (Å²) < 4.78 is 0. The monoisotopic (exact) mass is 464 g/mol. The summed E-state index contributed by atoms with van der Waals surface area (Å²) in [5.41, 5.74) is -0.188. The summed E-state index contributed by atoms with van der Waals surface area (Å²) in [7, 11) is 0. The van der Waals surface area contributed by atoms with Gasteiger partial charge in [0.1, 0.15) is 5.54 Å². The molecule has 1 aromatic rings. The fourth-order valence-electron chi connectivity index (χ4n) is 6.50. The van der Waals surface area contributed by atoms with Gasteiger partial charge in [0, 0.05) is 25.2 Å². The van der Waals surface area contributed by atoms with Gasteiger partial charge < -0.3 is 10.2 Å². The molecule has 7 nitrogen and oxygen atoms in total. The van der Waals surface area contributed by atoms with Gasteiger partial charge in [0.25, 0.3) is 5.91 Å². The third-order valence-electron chi connectivity index (χ3n) is 8.46. The molecule has 182 valence electrons. The molecule has 2 aliphatic carbocycles. The fourth-order valence-corrected chi connectivity index (χ4v) is 6.50. The average molecular weight is 465 g/mol. The minimum absolute atomic E-state index is 0.0282. The maximum absolute atomic E-state index is 13.8. The Labute approximate surface area is 202 Å². The molecule has 3 fully saturated rings. The topological polar surface area (TPSA) is 82.6 Å². The first-order valence-corrected chi connectivity index (χ1v) is 12.9. The van der Waals surface area contributed by atoms with Crippen molar-refractivity contribution in [2.45, 2.75) is 64.5 Å². The van der Waals surface area contributed by atoms with Crippen LogP contribution in [0.1, 0.15) is 58.1 Å². The van der Waals surface area contributed by atoms with E-state index in [0.717, 1.165) is 32.1 Å². The summed E-state index contributed by atoms with van der Waals surface area (Å²) in [5.74, 6) is 1.72. The van der Waals surface area contributed by atoms with Crippen molar-refractivity contribution >= 4 is 17.8 Å². The standard InChI is InChI=1S/C27H36N4O3/c1-18(2)8-11-27(25(33)31(26(34)29-27)17-22-5-3-4-12-28-22)21-9-13-30(14-10-21)24(32)23-16-19-6-7-20(23)15-19/h3-7,12,18-21,23H,8-11,13-17H2,1-2H3,(H,29,34)/t19-,20+,23-,27?/m1/s1. The predicted molar refractivity (Wildman–Crippen MR) is 128 cm³/mol. The maximum atomic E-state index is 13.8. The van der Waals surface area contributed by atoms with Gasteiger partial charge in [0.05, 0.1) is 12.2 Å². The highest BCUT2D eigenvalue weighted by molar-refractivity contribution is 6.07. The van der Waals surface area contributed by atoms with Crippen molar-refractivity contribution in [1.82, 2.24) is 20.1 Å². The van der Waals surface area contributed by atoms with E-state index in [9.17, 15) is 14.4 Å². The van der Waals surface area contributed by atoms with Gasteiger partial charge in [0.15, 0.2) is 0 Å². The van der Waals surface area contributed by atoms with Crippen LogP contribution in [-0.2, 0) is 16.1 Å². The summed E-state index contributed by atoms with van der Waals surface area (Å²) in [6.07, 6.45) is 11.3. The van der Waals surface area contributed by atoms with Gasteiger partial charge in [-0.25, -0.2) is 4.79 Å². The third kappa shape index (κ3) is 4.14. The Morgan fingerprint density at radius 3 is 2.59 bits per heavy atom. The van der Waals surface area contributed by atoms with Crippen LogP contribution < -0.4 is 5.32 Å². The lowest BCUT2D eigenvalue weighted by Gasteiger charge is -2.42. The van der Waals surface area contributed by atoms with Gasteiger partial charge >= 0.3 is 6.03 Å². The number of rotatable bonds is 7. The minimum atomic E-state index is -0.888. The second-order valence-electron chi connectivity index (χ2n) is 11.0. The molecule has 1 aromatic heterocycles. The second kappa shape index (κ2) is 9.16. The molecule has 1 saturated carbocycles. The number of carbonyl (C=O) groups excluding carboxylic acids is 3. The Bertz CT molecular complexity index is 969. The number of piperidine rings is 1. The van der Waals surface area contributed by atoms with E-state index >= 15 is 0 Å². The molecule has 4 amide bonds. The first kappa shape index (κ1) is 23.1. The van der Waals surface area contributed by atoms with E-state index in [1.807, 2.05) is 23.1 Å². The molecular weight excluding hydrogens is 428 g/mol. The van der Waals surface area contributed by atoms with Crippen molar-refractivity contribution in [3.8, 4) is 0 Å². The van der Waals surface area contributed by atoms with Crippen molar-refractivity contribution in [2.75, 3.05) is 13.1 Å². The molecule has 1 unspecified atom stereocenters. The van der Waals surface area contributed by atoms with E-state index in [-0.39, 0.29) is 36.2 Å². The summed E-state index contributed by atoms with van der Waals surface area (Å²) in [6, 6.07) is 5.20. The van der Waals surface area contributed by atoms with E-state index in [1.54, 1.807) is 6.20 Å². The molecular formula is C27H36N4O3. The van der Waals surface area contributed by atoms with Crippen LogP contribution in [0, 0.1) is 29.6 Å². The average Bonchev–Trinajstić information content (AvgIpc) is 3.54. The zero-order valence-corrected chi connectivity index (χ0v) is 20.3. The first-order chi connectivity index (χ1) is 16.4. The highest BCUT2D eigenvalue weighted by Crippen LogP contribution is 2.45. The summed E-state index contributed by atoms with van der Waals surface area (Å²) >= 11 is 0. The molecule has 7 heteroatoms. The van der Waals surface area contributed by atoms with Crippen LogP contribution in [0.3, 0.4) is 0 Å². The smallest absolute Gasteiger partial charge is 0.325 e. The lowest BCUT2D eigenvalue weighted by molar-refractivity contribution is -0.139. The van der Waals surface area contributed by atoms with E-state index in [1.165, 1.54) is 4.90 Å². The molecule has 4 atom stereocenters. The van der Waals surface area contributed by atoms with Gasteiger partial charge in [-0.05, 0) is 74.3 Å². The van der Waals surface area contributed by atoms with Crippen molar-refractivity contribution < 1.29 is 14.4 Å². The molecule has 34 heavy (non-hydrogen) atoms. The molecule has 2 aliphatic heterocycles. The highest BCUT2D eigenvalue weighted by Gasteiger charge is 2.56. The Balaban J connectivity index is 1.29. The number of carbonyl (C=O) groups is 3. The quantitative estimate of drug-likeness (QED) is 0.492. The van der Waals surface area contributed by atoms with Gasteiger partial charge in [0.2, 0.25) is 5.91 Å². The van der Waals surface area contributed by atoms with Crippen LogP contribution >= 0.6 is 0 Å². The zero-order chi connectivity index (χ0) is 23.9. The number of amides is 4. The van der Waals surface area contributed by atoms with E-state index in [4.69, 9.17) is 0 Å². The minimum Gasteiger partial charge on any atom is -0.342 e. The Morgan fingerprint density at radius 1 is 1.18 bits per heavy atom. The molecule has 0 aromatic carbocycles. The van der Waals surface area contributed by atoms with Gasteiger partial charge in [-0.1, -0.05) is 32.1 Å². The molecule has 2 saturated heterocycles. The summed E-state index contributed by atoms with van der Waals surface area (Å²) in [6.45, 7) is 5.79. The second-order valence-corrected chi connectivity index (χ2v) is 11.0. The first-order valence-electron chi connectivity index (χ1n) is 12.9. The summed E-state index contributed by atoms with van der Waals surface area (Å²) in [5, 5.41) is 3.13. The van der Waals surface area contributed by atoms with E-state index < -0.39 is 5.54 Å². The van der Waals surface area contributed by atoms with E-state index in [0.29, 0.717) is 43.0 Å². The maximum Gasteiger partial charge on any atom is 0.325 e. The van der Waals surface area contributed by atoms with Crippen LogP contribution in [-0.4, -0.2) is 51.3 Å². The van der Waals surface area contributed by atoms with Crippen LogP contribution in [0.4, 0.5) is 4.79 Å². The lowest BCUT2D eigenvalue weighted by Crippen LogP contribution is -2.57. The van der Waals surface area contributed by atoms with Crippen molar-refractivity contribution in [3.63, 3.8) is 0 Å². The third-order valence-corrected chi connectivity index (χ3v) is 8.46. The van der Waals surface area contributed by atoms with Crippen molar-refractivity contribution in [2.24, 2.45) is 29.6 Å². The van der Waals surface area contributed by atoms with Crippen LogP contribution in [0.2, 0.25) is 0 Å². The van der Waals surface area contributed by atoms with Crippen LogP contribution in [0.15, 0.2) is 36.5 Å². The lowest BCUT2D eigenvalue weighted by atomic mass is 9.73. The number of nitrogens with one attached hydrogen (secondary N) is 1. The molecule has 0 radical (unpaired) electrons. The zero-order valence-electron chi connectivity index (χ0n) is 20.3. The normalized spacial score (nSPS) is 31.1. The molecule has 3 heterocycles. The number of hydrogen-bond acceptors (Lipinski definition) is 4. The molecule has 1 N–H and O–H groups in total. The number of hydrogen-bond donors (Lipinski definition) is 1. The predicted octanol–water partition coefficient (Wildman–Crippen LogP) is 3.76. The van der Waals surface area contributed by atoms with Gasteiger partial charge in [-0.2, -0.15) is 0 Å². The van der Waals surface area contributed by atoms with Crippen molar-refractivity contribution in [3.05, 3.63) is 42.2 Å². The Hall–Kier alpha value is -2.70. The summed E-state index contributed by atoms with van der Waals surface area (Å²) in [4.78, 5) is 47.7. The number of allylic oxidation sites excluding steroid dienone is 2. The van der Waals surface area contributed by atoms with Crippen LogP contribution in [0.5, 0.6) is 0 Å². The molecule has 4 aliphatic rings. The number of aromatic nitrogens is 1. The van der Waals surface area contributed by atoms with Crippen molar-refractivity contribution in [1.29, 1.82) is 0 Å². The Kier molecular flexibility index (Phi) is 6.21. The number of pyridine rings is 1. The number of fused-ring (bicyclic) bond motifs is 2. The molecule has 2 bridgehead atoms. The van der Waals surface area contributed by atoms with E-state index in [2.05, 4.69) is 36.3 Å². The van der Waals surface area contributed by atoms with Crippen LogP contribution in [0.25, 0.3) is 0 Å². The SMILES string of the molecule is CC(C)CCC1(C2CCN(C(=O)[C@@H]3C[C@@H]4C=C[C@H]3C4)CC2)NC(=O)N(Cc2ccccn2)C1=O. The molecule has 5 rings (SSSR count). The number of nitrogens with zero attached hydrogens (tertiary/aromatic N) is 3. The number of imide groups is 1. The Morgan fingerprint density at radius 2 is 1.97 bits per heavy atom. The van der Waals surface area contributed by atoms with Gasteiger partial charge in [-0.15, -0.1) is 0 Å². The largest absolute Gasteiger partial charge is 0.342 e. The fraction of sp³-hybridized carbons (Fsp3) is 0.630. The van der Waals surface area contributed by atoms with Gasteiger partial charge in [-0.3, -0.25) is 19.5 Å². The number of likely N-dealkylation sites (tertiary alicyclic amines) is 1. The highest BCUT2D eigenvalue weighted by atomic mass is 16.2. The number of urea groups is 1. The molecule has 0 spiro atoms.